The molecule has 0 amide bonds. The number of hydrogen-bond donors (Lipinski definition) is 1. The number of carboxylic acids is 1. The highest BCUT2D eigenvalue weighted by Gasteiger charge is 2.20. The third-order valence-electron chi connectivity index (χ3n) is 3.73. The SMILES string of the molecule is C[C@@H](C(=O)OCC(=O)OCC(=O)O)c1cccc(C(=O)c2ccccc2)c1. The van der Waals surface area contributed by atoms with Crippen molar-refractivity contribution in [2.75, 3.05) is 13.2 Å². The van der Waals surface area contributed by atoms with Crippen molar-refractivity contribution in [3.05, 3.63) is 71.3 Å². The number of carbonyl (C=O) groups is 4. The lowest BCUT2D eigenvalue weighted by atomic mass is 9.96. The quantitative estimate of drug-likeness (QED) is 0.561. The molecule has 0 fully saturated rings. The highest BCUT2D eigenvalue weighted by Crippen LogP contribution is 2.20. The third kappa shape index (κ3) is 5.78. The van der Waals surface area contributed by atoms with E-state index in [9.17, 15) is 19.2 Å². The van der Waals surface area contributed by atoms with Gasteiger partial charge in [0.2, 0.25) is 0 Å². The second-order valence-corrected chi connectivity index (χ2v) is 5.70. The van der Waals surface area contributed by atoms with Gasteiger partial charge in [0.15, 0.2) is 19.0 Å². The van der Waals surface area contributed by atoms with E-state index in [1.54, 1.807) is 55.5 Å². The van der Waals surface area contributed by atoms with Gasteiger partial charge in [-0.3, -0.25) is 9.59 Å². The van der Waals surface area contributed by atoms with Crippen LogP contribution in [0.4, 0.5) is 0 Å². The molecule has 0 aliphatic heterocycles. The van der Waals surface area contributed by atoms with Gasteiger partial charge < -0.3 is 14.6 Å². The Morgan fingerprint density at radius 2 is 1.56 bits per heavy atom. The van der Waals surface area contributed by atoms with Crippen LogP contribution in [-0.4, -0.2) is 42.0 Å². The standard InChI is InChI=1S/C20H18O7/c1-13(20(25)27-12-18(23)26-11-17(21)22)15-8-5-9-16(10-15)19(24)14-6-3-2-4-7-14/h2-10,13H,11-12H2,1H3,(H,21,22)/t13-/m1/s1. The number of carbonyl (C=O) groups excluding carboxylic acids is 3. The Morgan fingerprint density at radius 1 is 0.889 bits per heavy atom. The Hall–Kier alpha value is -3.48. The molecule has 0 saturated heterocycles. The Kier molecular flexibility index (Phi) is 6.82. The first-order chi connectivity index (χ1) is 12.9. The Labute approximate surface area is 155 Å². The van der Waals surface area contributed by atoms with E-state index in [-0.39, 0.29) is 5.78 Å². The summed E-state index contributed by atoms with van der Waals surface area (Å²) in [5, 5.41) is 8.42. The minimum atomic E-state index is -1.30. The number of esters is 2. The van der Waals surface area contributed by atoms with Gasteiger partial charge in [-0.25, -0.2) is 9.59 Å². The molecule has 0 radical (unpaired) electrons. The van der Waals surface area contributed by atoms with Crippen LogP contribution >= 0.6 is 0 Å². The fourth-order valence-corrected chi connectivity index (χ4v) is 2.28. The molecule has 0 aliphatic carbocycles. The van der Waals surface area contributed by atoms with Gasteiger partial charge in [-0.1, -0.05) is 48.5 Å². The zero-order valence-electron chi connectivity index (χ0n) is 14.6. The molecule has 140 valence electrons. The molecule has 0 aliphatic rings. The average Bonchev–Trinajstić information content (AvgIpc) is 2.70. The van der Waals surface area contributed by atoms with E-state index < -0.39 is 37.0 Å². The molecule has 0 heterocycles. The maximum absolute atomic E-state index is 12.5. The average molecular weight is 370 g/mol. The molecular formula is C20H18O7. The van der Waals surface area contributed by atoms with Gasteiger partial charge in [0.1, 0.15) is 0 Å². The van der Waals surface area contributed by atoms with Gasteiger partial charge in [0, 0.05) is 11.1 Å². The lowest BCUT2D eigenvalue weighted by Crippen LogP contribution is -2.22. The van der Waals surface area contributed by atoms with Gasteiger partial charge in [0.05, 0.1) is 5.92 Å². The lowest BCUT2D eigenvalue weighted by molar-refractivity contribution is -0.163. The van der Waals surface area contributed by atoms with Crippen molar-refractivity contribution in [2.24, 2.45) is 0 Å². The molecule has 0 unspecified atom stereocenters. The minimum absolute atomic E-state index is 0.171. The predicted octanol–water partition coefficient (Wildman–Crippen LogP) is 2.19. The number of ketones is 1. The lowest BCUT2D eigenvalue weighted by Gasteiger charge is -2.12. The van der Waals surface area contributed by atoms with E-state index in [1.165, 1.54) is 0 Å². The maximum atomic E-state index is 12.5. The second kappa shape index (κ2) is 9.28. The van der Waals surface area contributed by atoms with E-state index in [0.29, 0.717) is 16.7 Å². The number of carboxylic acid groups (broad SMARTS) is 1. The predicted molar refractivity (Wildman–Crippen MR) is 94.3 cm³/mol. The number of benzene rings is 2. The van der Waals surface area contributed by atoms with Crippen molar-refractivity contribution in [3.63, 3.8) is 0 Å². The first-order valence-electron chi connectivity index (χ1n) is 8.12. The van der Waals surface area contributed by atoms with Crippen LogP contribution in [0.25, 0.3) is 0 Å². The summed E-state index contributed by atoms with van der Waals surface area (Å²) in [6.45, 7) is 0.103. The van der Waals surface area contributed by atoms with Crippen LogP contribution in [0.1, 0.15) is 34.3 Å². The van der Waals surface area contributed by atoms with Crippen molar-refractivity contribution < 1.29 is 33.8 Å². The first-order valence-corrected chi connectivity index (χ1v) is 8.12. The Balaban J connectivity index is 2.01. The molecule has 7 nitrogen and oxygen atoms in total. The van der Waals surface area contributed by atoms with Crippen molar-refractivity contribution in [3.8, 4) is 0 Å². The van der Waals surface area contributed by atoms with E-state index in [0.717, 1.165) is 0 Å². The molecule has 7 heteroatoms. The van der Waals surface area contributed by atoms with Gasteiger partial charge >= 0.3 is 17.9 Å². The summed E-state index contributed by atoms with van der Waals surface area (Å²) in [6, 6.07) is 15.3. The van der Waals surface area contributed by atoms with Crippen LogP contribution in [0, 0.1) is 0 Å². The number of aliphatic carboxylic acids is 1. The molecule has 2 aromatic rings. The summed E-state index contributed by atoms with van der Waals surface area (Å²) in [5.74, 6) is -3.84. The van der Waals surface area contributed by atoms with Crippen LogP contribution in [0.15, 0.2) is 54.6 Å². The monoisotopic (exact) mass is 370 g/mol. The third-order valence-corrected chi connectivity index (χ3v) is 3.73. The smallest absolute Gasteiger partial charge is 0.344 e. The summed E-state index contributed by atoms with van der Waals surface area (Å²) in [5.41, 5.74) is 1.52. The topological polar surface area (TPSA) is 107 Å². The molecule has 0 saturated carbocycles. The number of rotatable bonds is 8. The van der Waals surface area contributed by atoms with E-state index in [2.05, 4.69) is 4.74 Å². The van der Waals surface area contributed by atoms with Crippen LogP contribution < -0.4 is 0 Å². The fraction of sp³-hybridized carbons (Fsp3) is 0.200. The molecule has 0 bridgehead atoms. The zero-order chi connectivity index (χ0) is 19.8. The van der Waals surface area contributed by atoms with Gasteiger partial charge in [-0.05, 0) is 18.6 Å². The van der Waals surface area contributed by atoms with Crippen LogP contribution in [0.3, 0.4) is 0 Å². The largest absolute Gasteiger partial charge is 0.479 e. The molecule has 2 rings (SSSR count). The second-order valence-electron chi connectivity index (χ2n) is 5.70. The Bertz CT molecular complexity index is 842. The molecule has 1 atom stereocenters. The van der Waals surface area contributed by atoms with Gasteiger partial charge in [0.25, 0.3) is 0 Å². The van der Waals surface area contributed by atoms with Crippen molar-refractivity contribution in [1.29, 1.82) is 0 Å². The summed E-state index contributed by atoms with van der Waals surface area (Å²) in [7, 11) is 0. The molecular weight excluding hydrogens is 352 g/mol. The molecule has 2 aromatic carbocycles. The van der Waals surface area contributed by atoms with E-state index in [1.807, 2.05) is 6.07 Å². The number of ether oxygens (including phenoxy) is 2. The summed E-state index contributed by atoms with van der Waals surface area (Å²) >= 11 is 0. The van der Waals surface area contributed by atoms with E-state index in [4.69, 9.17) is 9.84 Å². The van der Waals surface area contributed by atoms with Crippen molar-refractivity contribution in [1.82, 2.24) is 0 Å². The van der Waals surface area contributed by atoms with Gasteiger partial charge in [-0.2, -0.15) is 0 Å². The summed E-state index contributed by atoms with van der Waals surface area (Å²) in [6.07, 6.45) is 0. The van der Waals surface area contributed by atoms with Crippen LogP contribution in [0.5, 0.6) is 0 Å². The van der Waals surface area contributed by atoms with Crippen molar-refractivity contribution >= 4 is 23.7 Å². The first kappa shape index (κ1) is 19.8. The highest BCUT2D eigenvalue weighted by molar-refractivity contribution is 6.09. The Morgan fingerprint density at radius 3 is 2.22 bits per heavy atom. The minimum Gasteiger partial charge on any atom is -0.479 e. The highest BCUT2D eigenvalue weighted by atomic mass is 16.6. The fourth-order valence-electron chi connectivity index (χ4n) is 2.28. The number of hydrogen-bond acceptors (Lipinski definition) is 6. The van der Waals surface area contributed by atoms with E-state index >= 15 is 0 Å². The molecule has 1 N–H and O–H groups in total. The normalized spacial score (nSPS) is 11.3. The maximum Gasteiger partial charge on any atom is 0.344 e. The summed E-state index contributed by atoms with van der Waals surface area (Å²) < 4.78 is 9.22. The van der Waals surface area contributed by atoms with Crippen LogP contribution in [-0.2, 0) is 23.9 Å². The summed E-state index contributed by atoms with van der Waals surface area (Å²) in [4.78, 5) is 46.2. The molecule has 27 heavy (non-hydrogen) atoms. The van der Waals surface area contributed by atoms with Crippen LogP contribution in [0.2, 0.25) is 0 Å². The molecule has 0 aromatic heterocycles. The van der Waals surface area contributed by atoms with Crippen molar-refractivity contribution in [2.45, 2.75) is 12.8 Å². The van der Waals surface area contributed by atoms with Gasteiger partial charge in [-0.15, -0.1) is 0 Å². The zero-order valence-corrected chi connectivity index (χ0v) is 14.6. The molecule has 0 spiro atoms.